The molecule has 0 aliphatic carbocycles. The number of amides is 1. The summed E-state index contributed by atoms with van der Waals surface area (Å²) >= 11 is 11.7. The summed E-state index contributed by atoms with van der Waals surface area (Å²) in [5.41, 5.74) is 1.73. The molecule has 0 bridgehead atoms. The standard InChI is InChI=1S/C14H13Cl2N3O/c1-9(11-7-17-18-8-11)19-14(20)5-3-10-2-4-12(15)13(16)6-10/h2-9H,1H3,(H,17,18)(H,19,20)/b5-3+. The highest BCUT2D eigenvalue weighted by molar-refractivity contribution is 6.42. The lowest BCUT2D eigenvalue weighted by Gasteiger charge is -2.09. The fraction of sp³-hybridized carbons (Fsp3) is 0.143. The van der Waals surface area contributed by atoms with Crippen LogP contribution in [0, 0.1) is 0 Å². The molecular weight excluding hydrogens is 297 g/mol. The van der Waals surface area contributed by atoms with Gasteiger partial charge in [-0.1, -0.05) is 29.3 Å². The molecule has 1 aromatic heterocycles. The first-order chi connectivity index (χ1) is 9.56. The van der Waals surface area contributed by atoms with Crippen LogP contribution in [0.1, 0.15) is 24.1 Å². The highest BCUT2D eigenvalue weighted by Crippen LogP contribution is 2.23. The number of nitrogens with zero attached hydrogens (tertiary/aromatic N) is 1. The molecule has 0 saturated carbocycles. The highest BCUT2D eigenvalue weighted by Gasteiger charge is 2.08. The number of nitrogens with one attached hydrogen (secondary N) is 2. The van der Waals surface area contributed by atoms with Gasteiger partial charge in [0.2, 0.25) is 5.91 Å². The molecular formula is C14H13Cl2N3O. The Bertz CT molecular complexity index is 623. The summed E-state index contributed by atoms with van der Waals surface area (Å²) in [4.78, 5) is 11.8. The zero-order valence-electron chi connectivity index (χ0n) is 10.7. The van der Waals surface area contributed by atoms with E-state index in [1.807, 2.05) is 6.92 Å². The molecule has 0 saturated heterocycles. The first kappa shape index (κ1) is 14.6. The summed E-state index contributed by atoms with van der Waals surface area (Å²) in [5, 5.41) is 10.3. The molecule has 2 rings (SSSR count). The Morgan fingerprint density at radius 3 is 2.85 bits per heavy atom. The second-order valence-corrected chi connectivity index (χ2v) is 5.08. The average molecular weight is 310 g/mol. The van der Waals surface area contributed by atoms with Gasteiger partial charge in [-0.05, 0) is 30.7 Å². The molecule has 0 radical (unpaired) electrons. The van der Waals surface area contributed by atoms with Crippen LogP contribution in [-0.2, 0) is 4.79 Å². The first-order valence-electron chi connectivity index (χ1n) is 5.98. The summed E-state index contributed by atoms with van der Waals surface area (Å²) < 4.78 is 0. The minimum Gasteiger partial charge on any atom is -0.346 e. The van der Waals surface area contributed by atoms with E-state index in [-0.39, 0.29) is 11.9 Å². The van der Waals surface area contributed by atoms with Crippen molar-refractivity contribution in [1.82, 2.24) is 15.5 Å². The molecule has 2 aromatic rings. The van der Waals surface area contributed by atoms with Gasteiger partial charge in [-0.15, -0.1) is 0 Å². The van der Waals surface area contributed by atoms with E-state index in [9.17, 15) is 4.79 Å². The smallest absolute Gasteiger partial charge is 0.244 e. The van der Waals surface area contributed by atoms with Crippen molar-refractivity contribution in [3.8, 4) is 0 Å². The van der Waals surface area contributed by atoms with E-state index in [2.05, 4.69) is 15.5 Å². The molecule has 0 fully saturated rings. The Labute approximate surface area is 126 Å². The van der Waals surface area contributed by atoms with Crippen LogP contribution in [0.4, 0.5) is 0 Å². The van der Waals surface area contributed by atoms with Crippen molar-refractivity contribution in [1.29, 1.82) is 0 Å². The maximum absolute atomic E-state index is 11.8. The van der Waals surface area contributed by atoms with E-state index in [1.54, 1.807) is 36.7 Å². The Hall–Kier alpha value is -1.78. The second kappa shape index (κ2) is 6.59. The fourth-order valence-electron chi connectivity index (χ4n) is 1.63. The summed E-state index contributed by atoms with van der Waals surface area (Å²) in [7, 11) is 0. The second-order valence-electron chi connectivity index (χ2n) is 4.27. The van der Waals surface area contributed by atoms with Crippen LogP contribution in [0.3, 0.4) is 0 Å². The Morgan fingerprint density at radius 2 is 2.20 bits per heavy atom. The fourth-order valence-corrected chi connectivity index (χ4v) is 1.94. The van der Waals surface area contributed by atoms with Crippen molar-refractivity contribution in [2.24, 2.45) is 0 Å². The number of H-pyrrole nitrogens is 1. The van der Waals surface area contributed by atoms with Gasteiger partial charge in [0, 0.05) is 17.8 Å². The topological polar surface area (TPSA) is 57.8 Å². The van der Waals surface area contributed by atoms with E-state index < -0.39 is 0 Å². The number of benzene rings is 1. The van der Waals surface area contributed by atoms with Crippen LogP contribution in [-0.4, -0.2) is 16.1 Å². The monoisotopic (exact) mass is 309 g/mol. The third-order valence-electron chi connectivity index (χ3n) is 2.75. The summed E-state index contributed by atoms with van der Waals surface area (Å²) in [5.74, 6) is -0.190. The van der Waals surface area contributed by atoms with Gasteiger partial charge in [-0.2, -0.15) is 5.10 Å². The lowest BCUT2D eigenvalue weighted by atomic mass is 10.2. The Kier molecular flexibility index (Phi) is 4.82. The largest absolute Gasteiger partial charge is 0.346 e. The number of carbonyl (C=O) groups excluding carboxylic acids is 1. The van der Waals surface area contributed by atoms with E-state index >= 15 is 0 Å². The number of carbonyl (C=O) groups is 1. The lowest BCUT2D eigenvalue weighted by Crippen LogP contribution is -2.24. The number of aromatic nitrogens is 2. The van der Waals surface area contributed by atoms with E-state index in [0.29, 0.717) is 10.0 Å². The van der Waals surface area contributed by atoms with E-state index in [0.717, 1.165) is 11.1 Å². The molecule has 1 amide bonds. The van der Waals surface area contributed by atoms with Crippen LogP contribution in [0.15, 0.2) is 36.7 Å². The molecule has 104 valence electrons. The number of hydrogen-bond donors (Lipinski definition) is 2. The van der Waals surface area contributed by atoms with Gasteiger partial charge in [-0.3, -0.25) is 9.89 Å². The van der Waals surface area contributed by atoms with E-state index in [4.69, 9.17) is 23.2 Å². The molecule has 20 heavy (non-hydrogen) atoms. The van der Waals surface area contributed by atoms with Crippen molar-refractivity contribution >= 4 is 35.2 Å². The van der Waals surface area contributed by atoms with Crippen LogP contribution in [0.5, 0.6) is 0 Å². The Balaban J connectivity index is 1.97. The molecule has 0 spiro atoms. The van der Waals surface area contributed by atoms with Crippen molar-refractivity contribution in [2.75, 3.05) is 0 Å². The average Bonchev–Trinajstić information content (AvgIpc) is 2.94. The van der Waals surface area contributed by atoms with E-state index in [1.165, 1.54) is 6.08 Å². The van der Waals surface area contributed by atoms with Crippen molar-refractivity contribution in [3.63, 3.8) is 0 Å². The zero-order valence-corrected chi connectivity index (χ0v) is 12.2. The van der Waals surface area contributed by atoms with Crippen LogP contribution >= 0.6 is 23.2 Å². The van der Waals surface area contributed by atoms with Crippen molar-refractivity contribution < 1.29 is 4.79 Å². The van der Waals surface area contributed by atoms with Gasteiger partial charge < -0.3 is 5.32 Å². The molecule has 1 aromatic carbocycles. The number of hydrogen-bond acceptors (Lipinski definition) is 2. The third kappa shape index (κ3) is 3.85. The van der Waals surface area contributed by atoms with Gasteiger partial charge >= 0.3 is 0 Å². The molecule has 1 atom stereocenters. The van der Waals surface area contributed by atoms with Gasteiger partial charge in [-0.25, -0.2) is 0 Å². The Morgan fingerprint density at radius 1 is 1.40 bits per heavy atom. The minimum absolute atomic E-state index is 0.111. The van der Waals surface area contributed by atoms with Crippen LogP contribution in [0.2, 0.25) is 10.0 Å². The zero-order chi connectivity index (χ0) is 14.5. The molecule has 1 unspecified atom stereocenters. The predicted octanol–water partition coefficient (Wildman–Crippen LogP) is 3.61. The molecule has 2 N–H and O–H groups in total. The SMILES string of the molecule is CC(NC(=O)/C=C/c1ccc(Cl)c(Cl)c1)c1cn[nH]c1. The number of halogens is 2. The molecule has 1 heterocycles. The maximum atomic E-state index is 11.8. The summed E-state index contributed by atoms with van der Waals surface area (Å²) in [6.07, 6.45) is 6.55. The molecule has 0 aliphatic heterocycles. The molecule has 4 nitrogen and oxygen atoms in total. The van der Waals surface area contributed by atoms with Gasteiger partial charge in [0.1, 0.15) is 0 Å². The molecule has 6 heteroatoms. The first-order valence-corrected chi connectivity index (χ1v) is 6.74. The van der Waals surface area contributed by atoms with Gasteiger partial charge in [0.15, 0.2) is 0 Å². The van der Waals surface area contributed by atoms with Crippen LogP contribution < -0.4 is 5.32 Å². The number of aromatic amines is 1. The van der Waals surface area contributed by atoms with Crippen molar-refractivity contribution in [3.05, 3.63) is 57.8 Å². The highest BCUT2D eigenvalue weighted by atomic mass is 35.5. The van der Waals surface area contributed by atoms with Crippen LogP contribution in [0.25, 0.3) is 6.08 Å². The number of rotatable bonds is 4. The van der Waals surface area contributed by atoms with Crippen molar-refractivity contribution in [2.45, 2.75) is 13.0 Å². The summed E-state index contributed by atoms with van der Waals surface area (Å²) in [6, 6.07) is 5.07. The lowest BCUT2D eigenvalue weighted by molar-refractivity contribution is -0.117. The van der Waals surface area contributed by atoms with Gasteiger partial charge in [0.25, 0.3) is 0 Å². The normalized spacial score (nSPS) is 12.6. The maximum Gasteiger partial charge on any atom is 0.244 e. The molecule has 0 aliphatic rings. The van der Waals surface area contributed by atoms with Gasteiger partial charge in [0.05, 0.1) is 22.3 Å². The predicted molar refractivity (Wildman–Crippen MR) is 80.6 cm³/mol. The quantitative estimate of drug-likeness (QED) is 0.848. The minimum atomic E-state index is -0.190. The third-order valence-corrected chi connectivity index (χ3v) is 3.49. The summed E-state index contributed by atoms with van der Waals surface area (Å²) in [6.45, 7) is 1.88.